The van der Waals surface area contributed by atoms with E-state index in [0.29, 0.717) is 30.8 Å². The molecule has 2 heterocycles. The van der Waals surface area contributed by atoms with E-state index >= 15 is 0 Å². The van der Waals surface area contributed by atoms with Gasteiger partial charge in [-0.3, -0.25) is 4.98 Å². The van der Waals surface area contributed by atoms with E-state index in [-0.39, 0.29) is 24.4 Å². The lowest BCUT2D eigenvalue weighted by Gasteiger charge is -2.24. The molecule has 0 spiro atoms. The third kappa shape index (κ3) is 5.04. The normalized spacial score (nSPS) is 17.0. The molecule has 1 saturated heterocycles. The van der Waals surface area contributed by atoms with Crippen LogP contribution in [0.3, 0.4) is 0 Å². The van der Waals surface area contributed by atoms with E-state index in [4.69, 9.17) is 9.47 Å². The van der Waals surface area contributed by atoms with Gasteiger partial charge in [0, 0.05) is 29.9 Å². The highest BCUT2D eigenvalue weighted by atomic mass is 19.1. The molecule has 0 radical (unpaired) electrons. The summed E-state index contributed by atoms with van der Waals surface area (Å²) in [6, 6.07) is 6.95. The highest BCUT2D eigenvalue weighted by Gasteiger charge is 2.30. The van der Waals surface area contributed by atoms with Crippen LogP contribution >= 0.6 is 0 Å². The van der Waals surface area contributed by atoms with Gasteiger partial charge in [0.1, 0.15) is 17.2 Å². The van der Waals surface area contributed by atoms with Gasteiger partial charge < -0.3 is 14.4 Å². The first kappa shape index (κ1) is 20.2. The van der Waals surface area contributed by atoms with Crippen molar-refractivity contribution < 1.29 is 23.0 Å². The number of ether oxygens (including phenoxy) is 2. The van der Waals surface area contributed by atoms with Gasteiger partial charge in [0.15, 0.2) is 0 Å². The smallest absolute Gasteiger partial charge is 0.410 e. The number of benzene rings is 1. The van der Waals surface area contributed by atoms with E-state index in [0.717, 1.165) is 6.07 Å². The summed E-state index contributed by atoms with van der Waals surface area (Å²) in [6.07, 6.45) is 1.76. The number of aromatic nitrogens is 1. The molecule has 1 aromatic heterocycles. The van der Waals surface area contributed by atoms with E-state index in [1.807, 2.05) is 20.8 Å². The van der Waals surface area contributed by atoms with E-state index in [1.54, 1.807) is 23.2 Å². The Morgan fingerprint density at radius 3 is 2.79 bits per heavy atom. The van der Waals surface area contributed by atoms with Crippen LogP contribution in [0.15, 0.2) is 36.5 Å². The van der Waals surface area contributed by atoms with E-state index in [1.165, 1.54) is 12.1 Å². The average molecular weight is 390 g/mol. The number of likely N-dealkylation sites (tertiary alicyclic amines) is 1. The minimum atomic E-state index is -0.670. The zero-order valence-corrected chi connectivity index (χ0v) is 16.2. The summed E-state index contributed by atoms with van der Waals surface area (Å²) in [5.74, 6) is -1.31. The number of hydrogen-bond donors (Lipinski definition) is 0. The Morgan fingerprint density at radius 1 is 1.29 bits per heavy atom. The number of halogens is 2. The zero-order chi connectivity index (χ0) is 20.3. The van der Waals surface area contributed by atoms with Gasteiger partial charge in [0.25, 0.3) is 0 Å². The molecule has 1 amide bonds. The van der Waals surface area contributed by atoms with E-state index < -0.39 is 17.2 Å². The summed E-state index contributed by atoms with van der Waals surface area (Å²) in [5, 5.41) is 0. The monoisotopic (exact) mass is 390 g/mol. The van der Waals surface area contributed by atoms with Crippen molar-refractivity contribution in [1.29, 1.82) is 0 Å². The number of rotatable bonds is 4. The number of hydrogen-bond acceptors (Lipinski definition) is 4. The van der Waals surface area contributed by atoms with Gasteiger partial charge in [0.05, 0.1) is 24.9 Å². The molecule has 1 unspecified atom stereocenters. The SMILES string of the molecule is CC(C)(C)OC(=O)N1CCC(OCc2cccnc2-c2ccc(F)cc2F)C1. The molecule has 150 valence electrons. The molecular formula is C21H24F2N2O3. The average Bonchev–Trinajstić information content (AvgIpc) is 3.08. The molecule has 1 aromatic carbocycles. The van der Waals surface area contributed by atoms with Crippen LogP contribution in [0.4, 0.5) is 13.6 Å². The summed E-state index contributed by atoms with van der Waals surface area (Å²) in [7, 11) is 0. The van der Waals surface area contributed by atoms with Crippen molar-refractivity contribution >= 4 is 6.09 Å². The third-order valence-electron chi connectivity index (χ3n) is 4.35. The van der Waals surface area contributed by atoms with Gasteiger partial charge in [-0.15, -0.1) is 0 Å². The van der Waals surface area contributed by atoms with Gasteiger partial charge in [-0.2, -0.15) is 0 Å². The fourth-order valence-corrected chi connectivity index (χ4v) is 3.04. The highest BCUT2D eigenvalue weighted by Crippen LogP contribution is 2.26. The molecule has 2 aromatic rings. The highest BCUT2D eigenvalue weighted by molar-refractivity contribution is 5.68. The second-order valence-corrected chi connectivity index (χ2v) is 7.78. The Morgan fingerprint density at radius 2 is 2.07 bits per heavy atom. The van der Waals surface area contributed by atoms with Crippen LogP contribution < -0.4 is 0 Å². The van der Waals surface area contributed by atoms with Crippen LogP contribution in [0.25, 0.3) is 11.3 Å². The van der Waals surface area contributed by atoms with Crippen molar-refractivity contribution in [3.05, 3.63) is 53.7 Å². The lowest BCUT2D eigenvalue weighted by atomic mass is 10.1. The summed E-state index contributed by atoms with van der Waals surface area (Å²) in [6.45, 7) is 6.70. The second kappa shape index (κ2) is 8.22. The number of carbonyl (C=O) groups excluding carboxylic acids is 1. The summed E-state index contributed by atoms with van der Waals surface area (Å²) in [5.41, 5.74) is 0.799. The predicted octanol–water partition coefficient (Wildman–Crippen LogP) is 4.55. The molecule has 0 aliphatic carbocycles. The molecular weight excluding hydrogens is 366 g/mol. The maximum Gasteiger partial charge on any atom is 0.410 e. The number of nitrogens with zero attached hydrogens (tertiary/aromatic N) is 2. The first-order valence-corrected chi connectivity index (χ1v) is 9.22. The molecule has 1 aliphatic heterocycles. The van der Waals surface area contributed by atoms with Gasteiger partial charge in [0.2, 0.25) is 0 Å². The maximum atomic E-state index is 14.2. The quantitative estimate of drug-likeness (QED) is 0.768. The Balaban J connectivity index is 1.64. The first-order chi connectivity index (χ1) is 13.2. The van der Waals surface area contributed by atoms with Crippen LogP contribution in [-0.4, -0.2) is 40.8 Å². The number of pyridine rings is 1. The van der Waals surface area contributed by atoms with Crippen molar-refractivity contribution in [1.82, 2.24) is 9.88 Å². The summed E-state index contributed by atoms with van der Waals surface area (Å²) in [4.78, 5) is 18.0. The summed E-state index contributed by atoms with van der Waals surface area (Å²) >= 11 is 0. The molecule has 1 fully saturated rings. The third-order valence-corrected chi connectivity index (χ3v) is 4.35. The standard InChI is InChI=1S/C21H24F2N2O3/c1-21(2,3)28-20(26)25-10-8-16(12-25)27-13-14-5-4-9-24-19(14)17-7-6-15(22)11-18(17)23/h4-7,9,11,16H,8,10,12-13H2,1-3H3. The van der Waals surface area contributed by atoms with Crippen LogP contribution in [0.1, 0.15) is 32.8 Å². The molecule has 3 rings (SSSR count). The number of amides is 1. The minimum absolute atomic E-state index is 0.140. The van der Waals surface area contributed by atoms with Crippen molar-refractivity contribution in [2.45, 2.75) is 45.5 Å². The maximum absolute atomic E-state index is 14.2. The van der Waals surface area contributed by atoms with Crippen LogP contribution in [0.2, 0.25) is 0 Å². The molecule has 1 atom stereocenters. The van der Waals surface area contributed by atoms with Gasteiger partial charge >= 0.3 is 6.09 Å². The van der Waals surface area contributed by atoms with E-state index in [2.05, 4.69) is 4.98 Å². The van der Waals surface area contributed by atoms with E-state index in [9.17, 15) is 13.6 Å². The van der Waals surface area contributed by atoms with Gasteiger partial charge in [-0.25, -0.2) is 13.6 Å². The summed E-state index contributed by atoms with van der Waals surface area (Å²) < 4.78 is 38.7. The topological polar surface area (TPSA) is 51.7 Å². The molecule has 0 N–H and O–H groups in total. The Hall–Kier alpha value is -2.54. The predicted molar refractivity (Wildman–Crippen MR) is 101 cm³/mol. The molecule has 0 bridgehead atoms. The Labute approximate surface area is 163 Å². The fraction of sp³-hybridized carbons (Fsp3) is 0.429. The van der Waals surface area contributed by atoms with Crippen molar-refractivity contribution in [3.8, 4) is 11.3 Å². The molecule has 5 nitrogen and oxygen atoms in total. The Kier molecular flexibility index (Phi) is 5.93. The molecule has 1 aliphatic rings. The van der Waals surface area contributed by atoms with Gasteiger partial charge in [-0.1, -0.05) is 6.07 Å². The zero-order valence-electron chi connectivity index (χ0n) is 16.2. The van der Waals surface area contributed by atoms with Crippen LogP contribution in [-0.2, 0) is 16.1 Å². The van der Waals surface area contributed by atoms with Crippen LogP contribution in [0, 0.1) is 11.6 Å². The number of carbonyl (C=O) groups is 1. The van der Waals surface area contributed by atoms with Crippen molar-refractivity contribution in [2.75, 3.05) is 13.1 Å². The lowest BCUT2D eigenvalue weighted by molar-refractivity contribution is 0.0184. The van der Waals surface area contributed by atoms with Crippen molar-refractivity contribution in [3.63, 3.8) is 0 Å². The largest absolute Gasteiger partial charge is 0.444 e. The second-order valence-electron chi connectivity index (χ2n) is 7.78. The van der Waals surface area contributed by atoms with Crippen molar-refractivity contribution in [2.24, 2.45) is 0 Å². The van der Waals surface area contributed by atoms with Crippen LogP contribution in [0.5, 0.6) is 0 Å². The molecule has 0 saturated carbocycles. The van der Waals surface area contributed by atoms with Gasteiger partial charge in [-0.05, 0) is 45.4 Å². The molecule has 28 heavy (non-hydrogen) atoms. The fourth-order valence-electron chi connectivity index (χ4n) is 3.04. The minimum Gasteiger partial charge on any atom is -0.444 e. The first-order valence-electron chi connectivity index (χ1n) is 9.22. The molecule has 7 heteroatoms. The lowest BCUT2D eigenvalue weighted by Crippen LogP contribution is -2.36. The Bertz CT molecular complexity index is 852.